The van der Waals surface area contributed by atoms with Crippen LogP contribution in [0, 0.1) is 22.7 Å². The summed E-state index contributed by atoms with van der Waals surface area (Å²) in [5.41, 5.74) is 5.21. The van der Waals surface area contributed by atoms with E-state index in [9.17, 15) is 4.79 Å². The quantitative estimate of drug-likeness (QED) is 0.634. The maximum Gasteiger partial charge on any atom is 0.177 e. The predicted molar refractivity (Wildman–Crippen MR) is 53.3 cm³/mol. The molecule has 2 N–H and O–H groups in total. The van der Waals surface area contributed by atoms with E-state index in [2.05, 4.69) is 4.99 Å². The van der Waals surface area contributed by atoms with Gasteiger partial charge in [-0.2, -0.15) is 10.5 Å². The summed E-state index contributed by atoms with van der Waals surface area (Å²) in [4.78, 5) is 15.2. The molecule has 0 radical (unpaired) electrons. The van der Waals surface area contributed by atoms with Crippen molar-refractivity contribution in [3.05, 3.63) is 11.4 Å². The monoisotopic (exact) mass is 202 g/mol. The summed E-state index contributed by atoms with van der Waals surface area (Å²) in [7, 11) is 0. The molecule has 1 rings (SSSR count). The largest absolute Gasteiger partial charge is 0.388 e. The molecule has 0 aliphatic heterocycles. The van der Waals surface area contributed by atoms with Gasteiger partial charge in [-0.3, -0.25) is 4.79 Å². The summed E-state index contributed by atoms with van der Waals surface area (Å²) >= 11 is 0. The smallest absolute Gasteiger partial charge is 0.177 e. The van der Waals surface area contributed by atoms with Gasteiger partial charge in [0.05, 0.1) is 5.71 Å². The Balaban J connectivity index is 3.01. The molecule has 0 aromatic carbocycles. The molecular formula is C10H10N4O. The maximum atomic E-state index is 11.4. The van der Waals surface area contributed by atoms with Crippen LogP contribution in [0.4, 0.5) is 0 Å². The molecule has 0 aromatic heterocycles. The van der Waals surface area contributed by atoms with Crippen LogP contribution in [0.15, 0.2) is 16.4 Å². The second-order valence-corrected chi connectivity index (χ2v) is 3.17. The summed E-state index contributed by atoms with van der Waals surface area (Å²) in [5, 5.41) is 17.2. The number of allylic oxidation sites excluding steroid dienone is 2. The molecule has 1 aliphatic carbocycles. The van der Waals surface area contributed by atoms with Crippen molar-refractivity contribution >= 4 is 11.5 Å². The molecule has 15 heavy (non-hydrogen) atoms. The minimum atomic E-state index is -0.247. The van der Waals surface area contributed by atoms with E-state index in [0.29, 0.717) is 18.6 Å². The van der Waals surface area contributed by atoms with E-state index in [1.54, 1.807) is 12.1 Å². The molecule has 0 amide bonds. The van der Waals surface area contributed by atoms with E-state index in [4.69, 9.17) is 16.3 Å². The summed E-state index contributed by atoms with van der Waals surface area (Å²) < 4.78 is 0. The second kappa shape index (κ2) is 4.92. The van der Waals surface area contributed by atoms with Crippen LogP contribution in [-0.2, 0) is 4.79 Å². The SMILES string of the molecule is N#CC(N)=C(C#N)N=C1CCCCC1=O. The molecule has 0 spiro atoms. The lowest BCUT2D eigenvalue weighted by Gasteiger charge is -2.10. The summed E-state index contributed by atoms with van der Waals surface area (Å²) in [6.45, 7) is 0. The van der Waals surface area contributed by atoms with Crippen LogP contribution in [-0.4, -0.2) is 11.5 Å². The molecule has 0 unspecified atom stereocenters. The average Bonchev–Trinajstić information content (AvgIpc) is 2.27. The first-order valence-electron chi connectivity index (χ1n) is 4.59. The third-order valence-electron chi connectivity index (χ3n) is 2.12. The van der Waals surface area contributed by atoms with Crippen molar-refractivity contribution in [2.24, 2.45) is 10.7 Å². The molecular weight excluding hydrogens is 192 g/mol. The van der Waals surface area contributed by atoms with Crippen molar-refractivity contribution in [1.82, 2.24) is 0 Å². The van der Waals surface area contributed by atoms with Crippen LogP contribution in [0.3, 0.4) is 0 Å². The lowest BCUT2D eigenvalue weighted by molar-refractivity contribution is -0.113. The van der Waals surface area contributed by atoms with Gasteiger partial charge in [-0.1, -0.05) is 0 Å². The molecule has 5 heteroatoms. The zero-order valence-electron chi connectivity index (χ0n) is 8.16. The molecule has 5 nitrogen and oxygen atoms in total. The number of nitriles is 2. The van der Waals surface area contributed by atoms with Gasteiger partial charge in [0.1, 0.15) is 17.8 Å². The highest BCUT2D eigenvalue weighted by Gasteiger charge is 2.17. The molecule has 0 saturated heterocycles. The fraction of sp³-hybridized carbons (Fsp3) is 0.400. The fourth-order valence-corrected chi connectivity index (χ4v) is 1.31. The molecule has 1 aliphatic rings. The molecule has 0 atom stereocenters. The summed E-state index contributed by atoms with van der Waals surface area (Å²) in [6.07, 6.45) is 2.76. The first-order valence-corrected chi connectivity index (χ1v) is 4.59. The molecule has 1 fully saturated rings. The average molecular weight is 202 g/mol. The minimum Gasteiger partial charge on any atom is -0.388 e. The zero-order valence-corrected chi connectivity index (χ0v) is 8.16. The Kier molecular flexibility index (Phi) is 3.59. The third-order valence-corrected chi connectivity index (χ3v) is 2.12. The van der Waals surface area contributed by atoms with Crippen molar-refractivity contribution in [3.63, 3.8) is 0 Å². The van der Waals surface area contributed by atoms with Gasteiger partial charge in [-0.05, 0) is 19.3 Å². The predicted octanol–water partition coefficient (Wildman–Crippen LogP) is 0.788. The topological polar surface area (TPSA) is 103 Å². The highest BCUT2D eigenvalue weighted by Crippen LogP contribution is 2.14. The van der Waals surface area contributed by atoms with Gasteiger partial charge in [0, 0.05) is 6.42 Å². The zero-order chi connectivity index (χ0) is 11.3. The number of rotatable bonds is 1. The maximum absolute atomic E-state index is 11.4. The highest BCUT2D eigenvalue weighted by atomic mass is 16.1. The van der Waals surface area contributed by atoms with Crippen molar-refractivity contribution in [3.8, 4) is 12.1 Å². The Hall–Kier alpha value is -2.14. The van der Waals surface area contributed by atoms with Crippen molar-refractivity contribution in [2.45, 2.75) is 25.7 Å². The Morgan fingerprint density at radius 3 is 2.47 bits per heavy atom. The molecule has 0 heterocycles. The Bertz CT molecular complexity index is 420. The van der Waals surface area contributed by atoms with Crippen LogP contribution in [0.2, 0.25) is 0 Å². The van der Waals surface area contributed by atoms with Gasteiger partial charge in [0.15, 0.2) is 11.5 Å². The Morgan fingerprint density at radius 2 is 1.93 bits per heavy atom. The van der Waals surface area contributed by atoms with Crippen LogP contribution in [0.5, 0.6) is 0 Å². The normalized spacial score (nSPS) is 20.4. The van der Waals surface area contributed by atoms with Gasteiger partial charge in [0.25, 0.3) is 0 Å². The number of hydrogen-bond donors (Lipinski definition) is 1. The standard InChI is InChI=1S/C10H10N4O/c11-5-7(13)9(6-12)14-8-3-1-2-4-10(8)15/h1-4,13H2. The van der Waals surface area contributed by atoms with Crippen LogP contribution in [0.25, 0.3) is 0 Å². The summed E-state index contributed by atoms with van der Waals surface area (Å²) in [5.74, 6) is -0.0558. The molecule has 1 saturated carbocycles. The number of hydrogen-bond acceptors (Lipinski definition) is 5. The lowest BCUT2D eigenvalue weighted by atomic mass is 9.97. The van der Waals surface area contributed by atoms with E-state index in [1.165, 1.54) is 0 Å². The van der Waals surface area contributed by atoms with Crippen LogP contribution in [0.1, 0.15) is 25.7 Å². The van der Waals surface area contributed by atoms with E-state index in [1.807, 2.05) is 0 Å². The van der Waals surface area contributed by atoms with E-state index < -0.39 is 0 Å². The number of carbonyl (C=O) groups is 1. The minimum absolute atomic E-state index is 0.0558. The van der Waals surface area contributed by atoms with Gasteiger partial charge in [-0.25, -0.2) is 4.99 Å². The van der Waals surface area contributed by atoms with Crippen molar-refractivity contribution < 1.29 is 4.79 Å². The van der Waals surface area contributed by atoms with E-state index >= 15 is 0 Å². The van der Waals surface area contributed by atoms with Crippen LogP contribution >= 0.6 is 0 Å². The number of carbonyl (C=O) groups excluding carboxylic acids is 1. The lowest BCUT2D eigenvalue weighted by Crippen LogP contribution is -2.19. The molecule has 76 valence electrons. The number of ketones is 1. The Morgan fingerprint density at radius 1 is 1.27 bits per heavy atom. The number of nitrogens with zero attached hydrogens (tertiary/aromatic N) is 3. The van der Waals surface area contributed by atoms with E-state index in [0.717, 1.165) is 12.8 Å². The van der Waals surface area contributed by atoms with Crippen molar-refractivity contribution in [1.29, 1.82) is 10.5 Å². The molecule has 0 bridgehead atoms. The first kappa shape index (κ1) is 10.9. The first-order chi connectivity index (χ1) is 7.19. The molecule has 0 aromatic rings. The van der Waals surface area contributed by atoms with Gasteiger partial charge in [-0.15, -0.1) is 0 Å². The van der Waals surface area contributed by atoms with Crippen LogP contribution < -0.4 is 5.73 Å². The number of Topliss-reactive ketones (excluding diaryl/α,β-unsaturated/α-hetero) is 1. The summed E-state index contributed by atoms with van der Waals surface area (Å²) in [6, 6.07) is 3.35. The van der Waals surface area contributed by atoms with Gasteiger partial charge >= 0.3 is 0 Å². The third kappa shape index (κ3) is 2.65. The number of nitrogens with two attached hydrogens (primary N) is 1. The van der Waals surface area contributed by atoms with Gasteiger partial charge in [0.2, 0.25) is 0 Å². The Labute approximate surface area is 87.5 Å². The second-order valence-electron chi connectivity index (χ2n) is 3.17. The van der Waals surface area contributed by atoms with Crippen molar-refractivity contribution in [2.75, 3.05) is 0 Å². The van der Waals surface area contributed by atoms with E-state index in [-0.39, 0.29) is 17.2 Å². The highest BCUT2D eigenvalue weighted by molar-refractivity contribution is 6.40. The number of aliphatic imine (C=N–C) groups is 1. The van der Waals surface area contributed by atoms with Gasteiger partial charge < -0.3 is 5.73 Å². The fourth-order valence-electron chi connectivity index (χ4n) is 1.31.